The zero-order valence-corrected chi connectivity index (χ0v) is 27.0. The molecule has 43 heavy (non-hydrogen) atoms. The van der Waals surface area contributed by atoms with E-state index in [2.05, 4.69) is 14.9 Å². The highest BCUT2D eigenvalue weighted by Gasteiger charge is 2.41. The number of carbonyl (C=O) groups is 1. The van der Waals surface area contributed by atoms with Crippen molar-refractivity contribution in [2.45, 2.75) is 83.0 Å². The van der Waals surface area contributed by atoms with Crippen LogP contribution in [0.4, 0.5) is 0 Å². The average Bonchev–Trinajstić information content (AvgIpc) is 3.18. The third kappa shape index (κ3) is 7.50. The molecule has 4 heterocycles. The molecule has 13 heteroatoms. The molecule has 2 aromatic rings. The Hall–Kier alpha value is -2.32. The number of para-hydroxylation sites is 1. The molecular formula is C30H45N5O6S2. The zero-order chi connectivity index (χ0) is 30.9. The number of carbonyl (C=O) groups excluding carboxylic acids is 1. The molecule has 0 saturated carbocycles. The summed E-state index contributed by atoms with van der Waals surface area (Å²) in [5, 5.41) is 4.01. The van der Waals surface area contributed by atoms with Crippen molar-refractivity contribution in [1.29, 1.82) is 0 Å². The molecule has 3 aliphatic heterocycles. The summed E-state index contributed by atoms with van der Waals surface area (Å²) in [6.07, 6.45) is 6.64. The van der Waals surface area contributed by atoms with E-state index in [1.54, 1.807) is 10.6 Å². The van der Waals surface area contributed by atoms with Crippen molar-refractivity contribution < 1.29 is 21.6 Å². The maximum absolute atomic E-state index is 13.3. The maximum atomic E-state index is 13.3. The molecule has 2 unspecified atom stereocenters. The molecule has 0 radical (unpaired) electrons. The second-order valence-corrected chi connectivity index (χ2v) is 16.7. The number of fused-ring (bicyclic) bond motifs is 3. The maximum Gasteiger partial charge on any atom is 0.264 e. The van der Waals surface area contributed by atoms with E-state index in [1.807, 2.05) is 38.1 Å². The van der Waals surface area contributed by atoms with E-state index in [4.69, 9.17) is 0 Å². The van der Waals surface area contributed by atoms with Gasteiger partial charge in [0, 0.05) is 43.8 Å². The van der Waals surface area contributed by atoms with Crippen LogP contribution in [0.5, 0.6) is 0 Å². The Labute approximate surface area is 255 Å². The van der Waals surface area contributed by atoms with Crippen LogP contribution in [0, 0.1) is 5.92 Å². The average molecular weight is 636 g/mol. The van der Waals surface area contributed by atoms with Gasteiger partial charge in [-0.05, 0) is 88.8 Å². The summed E-state index contributed by atoms with van der Waals surface area (Å²) in [6, 6.07) is 9.77. The Balaban J connectivity index is 1.11. The smallest absolute Gasteiger partial charge is 0.264 e. The van der Waals surface area contributed by atoms with E-state index in [9.17, 15) is 26.4 Å². The van der Waals surface area contributed by atoms with Gasteiger partial charge < -0.3 is 9.88 Å². The lowest BCUT2D eigenvalue weighted by atomic mass is 9.96. The predicted molar refractivity (Wildman–Crippen MR) is 168 cm³/mol. The van der Waals surface area contributed by atoms with E-state index in [-0.39, 0.29) is 52.9 Å². The molecule has 5 rings (SSSR count). The summed E-state index contributed by atoms with van der Waals surface area (Å²) in [5.74, 6) is -0.141. The quantitative estimate of drug-likeness (QED) is 0.387. The molecule has 1 amide bonds. The number of nitrogens with one attached hydrogen (secondary N) is 2. The van der Waals surface area contributed by atoms with Crippen LogP contribution in [-0.4, -0.2) is 92.8 Å². The van der Waals surface area contributed by atoms with Crippen LogP contribution in [0.15, 0.2) is 35.1 Å². The molecule has 3 saturated heterocycles. The normalized spacial score (nSPS) is 24.1. The predicted octanol–water partition coefficient (Wildman–Crippen LogP) is 2.29. The number of rotatable bonds is 11. The van der Waals surface area contributed by atoms with Crippen LogP contribution in [0.3, 0.4) is 0 Å². The van der Waals surface area contributed by atoms with Crippen molar-refractivity contribution >= 4 is 36.9 Å². The van der Waals surface area contributed by atoms with Gasteiger partial charge in [-0.25, -0.2) is 25.9 Å². The number of hydrogen-bond donors (Lipinski definition) is 2. The summed E-state index contributed by atoms with van der Waals surface area (Å²) in [4.78, 5) is 29.0. The molecule has 0 spiro atoms. The highest BCUT2D eigenvalue weighted by atomic mass is 32.2. The fourth-order valence-electron chi connectivity index (χ4n) is 7.18. The first kappa shape index (κ1) is 32.1. The Morgan fingerprint density at radius 3 is 2.28 bits per heavy atom. The molecule has 2 N–H and O–H groups in total. The monoisotopic (exact) mass is 635 g/mol. The summed E-state index contributed by atoms with van der Waals surface area (Å²) in [6.45, 7) is 5.78. The molecule has 1 aromatic carbocycles. The Bertz CT molecular complexity index is 1580. The molecular weight excluding hydrogens is 590 g/mol. The highest BCUT2D eigenvalue weighted by molar-refractivity contribution is 7.89. The first-order valence-corrected chi connectivity index (χ1v) is 19.0. The van der Waals surface area contributed by atoms with Crippen LogP contribution in [-0.2, 0) is 20.0 Å². The standard InChI is InChI=1S/C30H45N5O6S2/c1-21(2)35-28-8-5-4-7-23(28)17-27(30(35)37)29(36)32-24-18-25-9-10-26(19-24)34(25)13-6-16-43(40,41)31-20-22-11-14-33(15-12-22)42(3,38)39/h4-5,7-8,17,21-22,24-26,31H,6,9-16,18-20H2,1-3H3,(H,32,36). The molecule has 238 valence electrons. The van der Waals surface area contributed by atoms with Gasteiger partial charge in [-0.15, -0.1) is 0 Å². The van der Waals surface area contributed by atoms with Crippen LogP contribution in [0.25, 0.3) is 10.9 Å². The number of nitrogens with zero attached hydrogens (tertiary/aromatic N) is 3. The Morgan fingerprint density at radius 1 is 1.00 bits per heavy atom. The highest BCUT2D eigenvalue weighted by Crippen LogP contribution is 2.36. The van der Waals surface area contributed by atoms with Crippen molar-refractivity contribution in [3.05, 3.63) is 46.2 Å². The number of pyridine rings is 1. The lowest BCUT2D eigenvalue weighted by Crippen LogP contribution is -2.51. The van der Waals surface area contributed by atoms with Crippen molar-refractivity contribution in [1.82, 2.24) is 23.8 Å². The second kappa shape index (κ2) is 13.0. The van der Waals surface area contributed by atoms with E-state index >= 15 is 0 Å². The van der Waals surface area contributed by atoms with Crippen molar-refractivity contribution in [2.24, 2.45) is 5.92 Å². The zero-order valence-electron chi connectivity index (χ0n) is 25.4. The van der Waals surface area contributed by atoms with E-state index in [0.29, 0.717) is 45.4 Å². The topological polar surface area (TPSA) is 138 Å². The van der Waals surface area contributed by atoms with Gasteiger partial charge in [-0.3, -0.25) is 14.5 Å². The molecule has 0 aliphatic carbocycles. The van der Waals surface area contributed by atoms with Gasteiger partial charge in [0.25, 0.3) is 11.5 Å². The number of aromatic nitrogens is 1. The fraction of sp³-hybridized carbons (Fsp3) is 0.667. The van der Waals surface area contributed by atoms with E-state index < -0.39 is 20.0 Å². The first-order valence-electron chi connectivity index (χ1n) is 15.5. The van der Waals surface area contributed by atoms with Gasteiger partial charge in [0.15, 0.2) is 0 Å². The van der Waals surface area contributed by atoms with Gasteiger partial charge in [0.05, 0.1) is 17.5 Å². The Kier molecular flexibility index (Phi) is 9.67. The minimum absolute atomic E-state index is 0.0286. The Morgan fingerprint density at radius 2 is 1.65 bits per heavy atom. The summed E-state index contributed by atoms with van der Waals surface area (Å²) in [5.41, 5.74) is 0.708. The number of benzene rings is 1. The van der Waals surface area contributed by atoms with Crippen LogP contribution in [0.2, 0.25) is 0 Å². The lowest BCUT2D eigenvalue weighted by Gasteiger charge is -2.39. The van der Waals surface area contributed by atoms with Gasteiger partial charge in [0.1, 0.15) is 5.56 Å². The third-order valence-corrected chi connectivity index (χ3v) is 12.1. The van der Waals surface area contributed by atoms with Gasteiger partial charge in [0.2, 0.25) is 20.0 Å². The van der Waals surface area contributed by atoms with Crippen LogP contribution < -0.4 is 15.6 Å². The van der Waals surface area contributed by atoms with E-state index in [0.717, 1.165) is 36.6 Å². The molecule has 1 aromatic heterocycles. The molecule has 2 bridgehead atoms. The number of hydrogen-bond acceptors (Lipinski definition) is 7. The van der Waals surface area contributed by atoms with Crippen LogP contribution >= 0.6 is 0 Å². The SMILES string of the molecule is CC(C)n1c(=O)c(C(=O)NC2CC3CCC(C2)N3CCCS(=O)(=O)NCC2CCN(S(C)(=O)=O)CC2)cc2ccccc21. The minimum Gasteiger partial charge on any atom is -0.349 e. The molecule has 11 nitrogen and oxygen atoms in total. The fourth-order valence-corrected chi connectivity index (χ4v) is 9.20. The van der Waals surface area contributed by atoms with Crippen LogP contribution in [0.1, 0.15) is 75.2 Å². The third-order valence-electron chi connectivity index (χ3n) is 9.39. The van der Waals surface area contributed by atoms with Gasteiger partial charge in [-0.2, -0.15) is 0 Å². The van der Waals surface area contributed by atoms with Crippen molar-refractivity contribution in [2.75, 3.05) is 38.2 Å². The summed E-state index contributed by atoms with van der Waals surface area (Å²) < 4.78 is 54.6. The lowest BCUT2D eigenvalue weighted by molar-refractivity contribution is 0.0844. The summed E-state index contributed by atoms with van der Waals surface area (Å²) >= 11 is 0. The first-order chi connectivity index (χ1) is 20.3. The van der Waals surface area contributed by atoms with E-state index in [1.165, 1.54) is 10.6 Å². The second-order valence-electron chi connectivity index (χ2n) is 12.8. The molecule has 3 fully saturated rings. The minimum atomic E-state index is -3.42. The van der Waals surface area contributed by atoms with Gasteiger partial charge in [-0.1, -0.05) is 18.2 Å². The number of sulfonamides is 2. The molecule has 2 atom stereocenters. The number of piperidine rings is 2. The van der Waals surface area contributed by atoms with Crippen molar-refractivity contribution in [3.63, 3.8) is 0 Å². The van der Waals surface area contributed by atoms with Gasteiger partial charge >= 0.3 is 0 Å². The summed E-state index contributed by atoms with van der Waals surface area (Å²) in [7, 11) is -6.62. The largest absolute Gasteiger partial charge is 0.349 e. The molecule has 3 aliphatic rings. The van der Waals surface area contributed by atoms with Crippen molar-refractivity contribution in [3.8, 4) is 0 Å². The number of amides is 1.